The van der Waals surface area contributed by atoms with Gasteiger partial charge in [-0.2, -0.15) is 0 Å². The van der Waals surface area contributed by atoms with Gasteiger partial charge in [-0.3, -0.25) is 4.79 Å². The molecular formula is C12H18N2O2. The van der Waals surface area contributed by atoms with E-state index in [0.29, 0.717) is 6.04 Å². The van der Waals surface area contributed by atoms with Crippen molar-refractivity contribution in [2.45, 2.75) is 38.3 Å². The third kappa shape index (κ3) is 3.38. The van der Waals surface area contributed by atoms with Gasteiger partial charge in [-0.1, -0.05) is 0 Å². The molecule has 1 aromatic rings. The van der Waals surface area contributed by atoms with Crippen LogP contribution in [-0.2, 0) is 11.2 Å². The van der Waals surface area contributed by atoms with E-state index < -0.39 is 0 Å². The number of carbonyl (C=O) groups excluding carboxylic acids is 1. The Hall–Kier alpha value is -1.29. The molecule has 88 valence electrons. The lowest BCUT2D eigenvalue weighted by atomic mass is 10.2. The van der Waals surface area contributed by atoms with Crippen molar-refractivity contribution in [3.8, 4) is 0 Å². The molecule has 1 aliphatic carbocycles. The molecule has 1 aliphatic rings. The Morgan fingerprint density at radius 3 is 3.06 bits per heavy atom. The Labute approximate surface area is 95.4 Å². The zero-order valence-corrected chi connectivity index (χ0v) is 9.53. The summed E-state index contributed by atoms with van der Waals surface area (Å²) in [7, 11) is 0. The van der Waals surface area contributed by atoms with Crippen LogP contribution in [-0.4, -0.2) is 24.5 Å². The lowest BCUT2D eigenvalue weighted by Crippen LogP contribution is -2.43. The van der Waals surface area contributed by atoms with Crippen LogP contribution in [0.2, 0.25) is 0 Å². The highest BCUT2D eigenvalue weighted by atomic mass is 16.3. The number of hydrogen-bond donors (Lipinski definition) is 2. The second-order valence-electron chi connectivity index (χ2n) is 4.29. The average molecular weight is 222 g/mol. The second kappa shape index (κ2) is 5.16. The molecule has 0 bridgehead atoms. The molecule has 1 fully saturated rings. The molecule has 4 nitrogen and oxygen atoms in total. The average Bonchev–Trinajstić information content (AvgIpc) is 2.93. The fourth-order valence-corrected chi connectivity index (χ4v) is 1.51. The van der Waals surface area contributed by atoms with Gasteiger partial charge >= 0.3 is 0 Å². The first kappa shape index (κ1) is 11.2. The van der Waals surface area contributed by atoms with Crippen molar-refractivity contribution in [1.82, 2.24) is 10.6 Å². The lowest BCUT2D eigenvalue weighted by Gasteiger charge is -2.12. The van der Waals surface area contributed by atoms with Gasteiger partial charge in [0.2, 0.25) is 5.91 Å². The van der Waals surface area contributed by atoms with Crippen molar-refractivity contribution in [2.24, 2.45) is 0 Å². The molecule has 1 saturated carbocycles. The summed E-state index contributed by atoms with van der Waals surface area (Å²) in [5.74, 6) is 1.05. The Morgan fingerprint density at radius 2 is 2.44 bits per heavy atom. The number of amides is 1. The van der Waals surface area contributed by atoms with Crippen molar-refractivity contribution in [3.05, 3.63) is 24.2 Å². The maximum atomic E-state index is 11.6. The van der Waals surface area contributed by atoms with E-state index in [4.69, 9.17) is 4.42 Å². The molecular weight excluding hydrogens is 204 g/mol. The smallest absolute Gasteiger partial charge is 0.237 e. The minimum absolute atomic E-state index is 0.0990. The summed E-state index contributed by atoms with van der Waals surface area (Å²) in [5.41, 5.74) is 0. The molecule has 16 heavy (non-hydrogen) atoms. The quantitative estimate of drug-likeness (QED) is 0.757. The van der Waals surface area contributed by atoms with Gasteiger partial charge in [0.1, 0.15) is 5.76 Å². The molecule has 1 unspecified atom stereocenters. The van der Waals surface area contributed by atoms with E-state index in [1.54, 1.807) is 6.26 Å². The van der Waals surface area contributed by atoms with E-state index in [0.717, 1.165) is 31.6 Å². The van der Waals surface area contributed by atoms with E-state index in [1.165, 1.54) is 0 Å². The molecule has 1 amide bonds. The van der Waals surface area contributed by atoms with Gasteiger partial charge in [-0.05, 0) is 31.9 Å². The summed E-state index contributed by atoms with van der Waals surface area (Å²) in [6, 6.07) is 4.12. The van der Waals surface area contributed by atoms with Gasteiger partial charge in [-0.15, -0.1) is 0 Å². The van der Waals surface area contributed by atoms with E-state index in [2.05, 4.69) is 10.6 Å². The number of furan rings is 1. The minimum Gasteiger partial charge on any atom is -0.469 e. The largest absolute Gasteiger partial charge is 0.469 e. The van der Waals surface area contributed by atoms with Gasteiger partial charge in [0.15, 0.2) is 0 Å². The molecule has 2 N–H and O–H groups in total. The molecule has 1 heterocycles. The van der Waals surface area contributed by atoms with Crippen LogP contribution >= 0.6 is 0 Å². The Morgan fingerprint density at radius 1 is 1.62 bits per heavy atom. The van der Waals surface area contributed by atoms with Gasteiger partial charge in [0, 0.05) is 19.0 Å². The van der Waals surface area contributed by atoms with Crippen LogP contribution in [0.4, 0.5) is 0 Å². The number of nitrogens with one attached hydrogen (secondary N) is 2. The maximum Gasteiger partial charge on any atom is 0.237 e. The van der Waals surface area contributed by atoms with Gasteiger partial charge in [0.05, 0.1) is 12.3 Å². The number of hydrogen-bond acceptors (Lipinski definition) is 3. The summed E-state index contributed by atoms with van der Waals surface area (Å²) in [6.45, 7) is 2.65. The summed E-state index contributed by atoms with van der Waals surface area (Å²) < 4.78 is 5.21. The predicted octanol–water partition coefficient (Wildman–Crippen LogP) is 1.08. The van der Waals surface area contributed by atoms with Gasteiger partial charge < -0.3 is 15.1 Å². The van der Waals surface area contributed by atoms with Crippen LogP contribution in [0.5, 0.6) is 0 Å². The molecule has 2 rings (SSSR count). The molecule has 1 aromatic heterocycles. The van der Waals surface area contributed by atoms with Crippen molar-refractivity contribution in [3.63, 3.8) is 0 Å². The number of rotatable bonds is 6. The topological polar surface area (TPSA) is 54.3 Å². The standard InChI is InChI=1S/C12H18N2O2/c1-9(12(15)14-10-4-5-10)13-7-6-11-3-2-8-16-11/h2-3,8-10,13H,4-7H2,1H3,(H,14,15). The fourth-order valence-electron chi connectivity index (χ4n) is 1.51. The molecule has 1 atom stereocenters. The molecule has 0 aliphatic heterocycles. The fraction of sp³-hybridized carbons (Fsp3) is 0.583. The monoisotopic (exact) mass is 222 g/mol. The van der Waals surface area contributed by atoms with Crippen LogP contribution in [0.3, 0.4) is 0 Å². The SMILES string of the molecule is CC(NCCc1ccco1)C(=O)NC1CC1. The second-order valence-corrected chi connectivity index (χ2v) is 4.29. The van der Waals surface area contributed by atoms with Crippen LogP contribution in [0.1, 0.15) is 25.5 Å². The first-order valence-electron chi connectivity index (χ1n) is 5.82. The normalized spacial score (nSPS) is 17.1. The third-order valence-electron chi connectivity index (χ3n) is 2.72. The van der Waals surface area contributed by atoms with Crippen LogP contribution in [0.15, 0.2) is 22.8 Å². The van der Waals surface area contributed by atoms with E-state index in [9.17, 15) is 4.79 Å². The number of carbonyl (C=O) groups is 1. The summed E-state index contributed by atoms with van der Waals surface area (Å²) in [6.07, 6.45) is 4.74. The summed E-state index contributed by atoms with van der Waals surface area (Å²) >= 11 is 0. The van der Waals surface area contributed by atoms with Crippen LogP contribution in [0, 0.1) is 0 Å². The van der Waals surface area contributed by atoms with E-state index >= 15 is 0 Å². The zero-order chi connectivity index (χ0) is 11.4. The highest BCUT2D eigenvalue weighted by Crippen LogP contribution is 2.18. The molecule has 0 spiro atoms. The van der Waals surface area contributed by atoms with Crippen LogP contribution in [0.25, 0.3) is 0 Å². The first-order chi connectivity index (χ1) is 7.75. The zero-order valence-electron chi connectivity index (χ0n) is 9.53. The predicted molar refractivity (Wildman–Crippen MR) is 61.0 cm³/mol. The van der Waals surface area contributed by atoms with Gasteiger partial charge in [-0.25, -0.2) is 0 Å². The molecule has 4 heteroatoms. The Kier molecular flexibility index (Phi) is 3.62. The van der Waals surface area contributed by atoms with Crippen LogP contribution < -0.4 is 10.6 Å². The van der Waals surface area contributed by atoms with E-state index in [1.807, 2.05) is 19.1 Å². The van der Waals surface area contributed by atoms with Crippen molar-refractivity contribution >= 4 is 5.91 Å². The van der Waals surface area contributed by atoms with E-state index in [-0.39, 0.29) is 11.9 Å². The molecule has 0 radical (unpaired) electrons. The maximum absolute atomic E-state index is 11.6. The van der Waals surface area contributed by atoms with Crippen molar-refractivity contribution in [1.29, 1.82) is 0 Å². The van der Waals surface area contributed by atoms with Crippen molar-refractivity contribution < 1.29 is 9.21 Å². The lowest BCUT2D eigenvalue weighted by molar-refractivity contribution is -0.122. The highest BCUT2D eigenvalue weighted by Gasteiger charge is 2.25. The Balaban J connectivity index is 1.62. The van der Waals surface area contributed by atoms with Gasteiger partial charge in [0.25, 0.3) is 0 Å². The molecule has 0 aromatic carbocycles. The summed E-state index contributed by atoms with van der Waals surface area (Å²) in [4.78, 5) is 11.6. The van der Waals surface area contributed by atoms with Crippen molar-refractivity contribution in [2.75, 3.05) is 6.54 Å². The summed E-state index contributed by atoms with van der Waals surface area (Å²) in [5, 5.41) is 6.15. The highest BCUT2D eigenvalue weighted by molar-refractivity contribution is 5.81. The first-order valence-corrected chi connectivity index (χ1v) is 5.82. The minimum atomic E-state index is -0.129. The Bertz CT molecular complexity index is 331. The third-order valence-corrected chi connectivity index (χ3v) is 2.72. The molecule has 0 saturated heterocycles.